The molecule has 0 unspecified atom stereocenters. The van der Waals surface area contributed by atoms with Gasteiger partial charge in [0.1, 0.15) is 10.9 Å². The number of anilines is 2. The van der Waals surface area contributed by atoms with E-state index in [2.05, 4.69) is 10.4 Å². The Bertz CT molecular complexity index is 675. The van der Waals surface area contributed by atoms with Crippen LogP contribution in [0, 0.1) is 11.3 Å². The summed E-state index contributed by atoms with van der Waals surface area (Å²) >= 11 is 6.41. The van der Waals surface area contributed by atoms with Gasteiger partial charge >= 0.3 is 6.18 Å². The van der Waals surface area contributed by atoms with Crippen LogP contribution in [0.2, 0.25) is 5.02 Å². The number of benzene rings is 1. The molecule has 0 fully saturated rings. The van der Waals surface area contributed by atoms with Gasteiger partial charge in [0.05, 0.1) is 5.69 Å². The minimum absolute atomic E-state index is 0.0359. The third-order valence-electron chi connectivity index (χ3n) is 2.41. The van der Waals surface area contributed by atoms with Gasteiger partial charge in [0, 0.05) is 12.1 Å². The van der Waals surface area contributed by atoms with Crippen molar-refractivity contribution >= 4 is 33.8 Å². The maximum atomic E-state index is 12.7. The van der Waals surface area contributed by atoms with Gasteiger partial charge in [-0.3, -0.25) is 10.4 Å². The predicted molar refractivity (Wildman–Crippen MR) is 75.3 cm³/mol. The van der Waals surface area contributed by atoms with Crippen LogP contribution in [0.1, 0.15) is 10.6 Å². The molecule has 2 rings (SSSR count). The number of hydrogen-bond donors (Lipinski definition) is 1. The molecule has 0 spiro atoms. The Kier molecular flexibility index (Phi) is 4.25. The van der Waals surface area contributed by atoms with E-state index < -0.39 is 16.7 Å². The first-order valence-electron chi connectivity index (χ1n) is 5.55. The van der Waals surface area contributed by atoms with Gasteiger partial charge in [-0.2, -0.15) is 18.4 Å². The molecule has 4 nitrogen and oxygen atoms in total. The van der Waals surface area contributed by atoms with E-state index in [1.165, 1.54) is 18.1 Å². The number of hydrogen-bond acceptors (Lipinski definition) is 5. The normalized spacial score (nSPS) is 11.0. The average molecular weight is 333 g/mol. The second kappa shape index (κ2) is 5.79. The van der Waals surface area contributed by atoms with Crippen LogP contribution in [0.5, 0.6) is 0 Å². The molecule has 1 heterocycles. The second-order valence-corrected chi connectivity index (χ2v) is 5.38. The van der Waals surface area contributed by atoms with Gasteiger partial charge in [-0.1, -0.05) is 22.9 Å². The standard InChI is InChI=1S/C12H8ClF3N4S/c1-20(19-8-4-2-7(13)3-5-8)11-18-10(12(14,15)16)9(6-17)21-11/h2-5,19H,1H3. The largest absolute Gasteiger partial charge is 0.435 e. The molecule has 0 atom stereocenters. The van der Waals surface area contributed by atoms with Gasteiger partial charge in [0.25, 0.3) is 0 Å². The highest BCUT2D eigenvalue weighted by molar-refractivity contribution is 7.16. The molecular weight excluding hydrogens is 325 g/mol. The van der Waals surface area contributed by atoms with Crippen molar-refractivity contribution < 1.29 is 13.2 Å². The monoisotopic (exact) mass is 332 g/mol. The Morgan fingerprint density at radius 2 is 1.95 bits per heavy atom. The minimum Gasteiger partial charge on any atom is -0.297 e. The Morgan fingerprint density at radius 1 is 1.33 bits per heavy atom. The Morgan fingerprint density at radius 3 is 2.43 bits per heavy atom. The second-order valence-electron chi connectivity index (χ2n) is 3.96. The van der Waals surface area contributed by atoms with E-state index in [4.69, 9.17) is 16.9 Å². The van der Waals surface area contributed by atoms with E-state index in [-0.39, 0.29) is 5.13 Å². The number of rotatable bonds is 3. The summed E-state index contributed by atoms with van der Waals surface area (Å²) in [5.74, 6) is 0. The summed E-state index contributed by atoms with van der Waals surface area (Å²) in [6, 6.07) is 8.13. The molecule has 0 amide bonds. The van der Waals surface area contributed by atoms with Gasteiger partial charge in [0.2, 0.25) is 5.13 Å². The first kappa shape index (κ1) is 15.4. The zero-order valence-corrected chi connectivity index (χ0v) is 12.1. The summed E-state index contributed by atoms with van der Waals surface area (Å²) < 4.78 is 38.2. The maximum Gasteiger partial charge on any atom is 0.435 e. The lowest BCUT2D eigenvalue weighted by molar-refractivity contribution is -0.140. The highest BCUT2D eigenvalue weighted by Crippen LogP contribution is 2.36. The number of halogens is 4. The summed E-state index contributed by atoms with van der Waals surface area (Å²) in [4.78, 5) is 3.00. The van der Waals surface area contributed by atoms with E-state index in [1.54, 1.807) is 24.3 Å². The number of aromatic nitrogens is 1. The van der Waals surface area contributed by atoms with E-state index >= 15 is 0 Å². The molecule has 1 aromatic heterocycles. The summed E-state index contributed by atoms with van der Waals surface area (Å²) in [5, 5.41) is 10.7. The van der Waals surface area contributed by atoms with E-state index in [0.717, 1.165) is 0 Å². The molecule has 0 bridgehead atoms. The van der Waals surface area contributed by atoms with Crippen LogP contribution in [0.25, 0.3) is 0 Å². The van der Waals surface area contributed by atoms with Gasteiger partial charge in [-0.25, -0.2) is 4.98 Å². The first-order valence-corrected chi connectivity index (χ1v) is 6.75. The van der Waals surface area contributed by atoms with Crippen molar-refractivity contribution in [3.8, 4) is 6.07 Å². The summed E-state index contributed by atoms with van der Waals surface area (Å²) in [6.07, 6.45) is -4.65. The summed E-state index contributed by atoms with van der Waals surface area (Å²) in [5.41, 5.74) is 2.30. The number of nitrogens with one attached hydrogen (secondary N) is 1. The molecule has 110 valence electrons. The topological polar surface area (TPSA) is 52.0 Å². The fourth-order valence-electron chi connectivity index (χ4n) is 1.49. The van der Waals surface area contributed by atoms with Crippen molar-refractivity contribution in [2.24, 2.45) is 0 Å². The number of thiazole rings is 1. The van der Waals surface area contributed by atoms with Gasteiger partial charge < -0.3 is 0 Å². The van der Waals surface area contributed by atoms with Crippen LogP contribution in [0.15, 0.2) is 24.3 Å². The molecule has 0 aliphatic heterocycles. The van der Waals surface area contributed by atoms with Crippen molar-refractivity contribution in [3.05, 3.63) is 39.9 Å². The molecule has 0 saturated carbocycles. The molecule has 0 aliphatic carbocycles. The molecule has 1 N–H and O–H groups in total. The fourth-order valence-corrected chi connectivity index (χ4v) is 2.42. The quantitative estimate of drug-likeness (QED) is 0.858. The van der Waals surface area contributed by atoms with E-state index in [9.17, 15) is 13.2 Å². The SMILES string of the molecule is CN(Nc1ccc(Cl)cc1)c1nc(C(F)(F)F)c(C#N)s1. The lowest BCUT2D eigenvalue weighted by atomic mass is 10.3. The van der Waals surface area contributed by atoms with Gasteiger partial charge in [-0.15, -0.1) is 0 Å². The number of alkyl halides is 3. The van der Waals surface area contributed by atoms with E-state index in [1.807, 2.05) is 0 Å². The minimum atomic E-state index is -4.65. The lowest BCUT2D eigenvalue weighted by Gasteiger charge is -2.18. The number of nitriles is 1. The molecule has 2 aromatic rings. The molecule has 0 saturated heterocycles. The summed E-state index contributed by atoms with van der Waals surface area (Å²) in [7, 11) is 1.51. The third kappa shape index (κ3) is 3.56. The molecular formula is C12H8ClF3N4S. The van der Waals surface area contributed by atoms with Crippen LogP contribution >= 0.6 is 22.9 Å². The number of hydrazine groups is 1. The van der Waals surface area contributed by atoms with Crippen molar-refractivity contribution in [1.82, 2.24) is 4.98 Å². The van der Waals surface area contributed by atoms with Crippen LogP contribution in [-0.2, 0) is 6.18 Å². The molecule has 0 aliphatic rings. The summed E-state index contributed by atoms with van der Waals surface area (Å²) in [6.45, 7) is 0. The van der Waals surface area contributed by atoms with Crippen molar-refractivity contribution in [2.75, 3.05) is 17.5 Å². The van der Waals surface area contributed by atoms with Gasteiger partial charge in [-0.05, 0) is 24.3 Å². The maximum absolute atomic E-state index is 12.7. The molecule has 0 radical (unpaired) electrons. The van der Waals surface area contributed by atoms with Crippen molar-refractivity contribution in [1.29, 1.82) is 5.26 Å². The predicted octanol–water partition coefficient (Wildman–Crippen LogP) is 4.15. The fraction of sp³-hybridized carbons (Fsp3) is 0.167. The van der Waals surface area contributed by atoms with Crippen LogP contribution in [0.3, 0.4) is 0 Å². The van der Waals surface area contributed by atoms with Crippen molar-refractivity contribution in [3.63, 3.8) is 0 Å². The average Bonchev–Trinajstić information content (AvgIpc) is 2.85. The van der Waals surface area contributed by atoms with Crippen LogP contribution < -0.4 is 10.4 Å². The van der Waals surface area contributed by atoms with Crippen LogP contribution in [-0.4, -0.2) is 12.0 Å². The first-order chi connectivity index (χ1) is 9.81. The highest BCUT2D eigenvalue weighted by atomic mass is 35.5. The highest BCUT2D eigenvalue weighted by Gasteiger charge is 2.38. The van der Waals surface area contributed by atoms with Gasteiger partial charge in [0.15, 0.2) is 5.69 Å². The molecule has 9 heteroatoms. The zero-order valence-electron chi connectivity index (χ0n) is 10.6. The van der Waals surface area contributed by atoms with E-state index in [0.29, 0.717) is 22.0 Å². The smallest absolute Gasteiger partial charge is 0.297 e. The Labute approximate surface area is 127 Å². The third-order valence-corrected chi connectivity index (χ3v) is 3.70. The van der Waals surface area contributed by atoms with Crippen LogP contribution in [0.4, 0.5) is 24.0 Å². The number of nitrogens with zero attached hydrogens (tertiary/aromatic N) is 3. The Balaban J connectivity index is 2.24. The Hall–Kier alpha value is -1.98. The molecule has 1 aromatic carbocycles. The molecule has 21 heavy (non-hydrogen) atoms. The van der Waals surface area contributed by atoms with Crippen molar-refractivity contribution in [2.45, 2.75) is 6.18 Å². The zero-order chi connectivity index (χ0) is 15.6. The lowest BCUT2D eigenvalue weighted by Crippen LogP contribution is -2.24.